The van der Waals surface area contributed by atoms with E-state index in [-0.39, 0.29) is 0 Å². The van der Waals surface area contributed by atoms with E-state index in [9.17, 15) is 4.39 Å². The molecule has 1 heterocycles. The molecule has 0 aliphatic heterocycles. The number of hydrogen-bond donors (Lipinski definition) is 1. The van der Waals surface area contributed by atoms with Gasteiger partial charge in [0.2, 0.25) is 5.95 Å². The Labute approximate surface area is 107 Å². The number of anilines is 1. The molecule has 1 aromatic rings. The maximum Gasteiger partial charge on any atom is 0.212 e. The summed E-state index contributed by atoms with van der Waals surface area (Å²) in [6.07, 6.45) is 8.69. The summed E-state index contributed by atoms with van der Waals surface area (Å²) in [6.45, 7) is 0. The van der Waals surface area contributed by atoms with Crippen molar-refractivity contribution in [3.8, 4) is 0 Å². The lowest BCUT2D eigenvalue weighted by atomic mass is 9.79. The van der Waals surface area contributed by atoms with Crippen LogP contribution >= 0.6 is 0 Å². The fourth-order valence-corrected chi connectivity index (χ4v) is 4.91. The molecule has 0 radical (unpaired) electrons. The number of pyridine rings is 1. The van der Waals surface area contributed by atoms with Crippen LogP contribution in [0.5, 0.6) is 0 Å². The molecule has 0 amide bonds. The van der Waals surface area contributed by atoms with E-state index in [4.69, 9.17) is 0 Å². The Morgan fingerprint density at radius 3 is 2.83 bits per heavy atom. The summed E-state index contributed by atoms with van der Waals surface area (Å²) in [4.78, 5) is 3.72. The van der Waals surface area contributed by atoms with Gasteiger partial charge in [-0.1, -0.05) is 6.42 Å². The minimum atomic E-state index is -0.399. The van der Waals surface area contributed by atoms with Crippen molar-refractivity contribution in [1.29, 1.82) is 0 Å². The van der Waals surface area contributed by atoms with E-state index in [0.717, 1.165) is 29.4 Å². The highest BCUT2D eigenvalue weighted by molar-refractivity contribution is 5.42. The summed E-state index contributed by atoms with van der Waals surface area (Å²) in [5.74, 6) is 3.40. The van der Waals surface area contributed by atoms with Gasteiger partial charge in [-0.15, -0.1) is 0 Å². The zero-order valence-corrected chi connectivity index (χ0v) is 10.5. The summed E-state index contributed by atoms with van der Waals surface area (Å²) in [5.41, 5.74) is 0.975. The predicted molar refractivity (Wildman–Crippen MR) is 68.7 cm³/mol. The molecule has 5 atom stereocenters. The molecule has 2 nitrogen and oxygen atoms in total. The Morgan fingerprint density at radius 2 is 2.00 bits per heavy atom. The number of fused-ring (bicyclic) bond motifs is 5. The van der Waals surface area contributed by atoms with Gasteiger partial charge >= 0.3 is 0 Å². The third-order valence-electron chi connectivity index (χ3n) is 5.51. The summed E-state index contributed by atoms with van der Waals surface area (Å²) >= 11 is 0. The fraction of sp³-hybridized carbons (Fsp3) is 0.667. The van der Waals surface area contributed by atoms with Crippen LogP contribution < -0.4 is 5.32 Å². The monoisotopic (exact) mass is 246 g/mol. The molecular formula is C15H19FN2. The van der Waals surface area contributed by atoms with Gasteiger partial charge < -0.3 is 5.32 Å². The van der Waals surface area contributed by atoms with Crippen molar-refractivity contribution >= 4 is 5.69 Å². The summed E-state index contributed by atoms with van der Waals surface area (Å²) in [6, 6.07) is 3.84. The average Bonchev–Trinajstić information content (AvgIpc) is 3.03. The van der Waals surface area contributed by atoms with Gasteiger partial charge in [-0.2, -0.15) is 4.39 Å². The van der Waals surface area contributed by atoms with Gasteiger partial charge in [0, 0.05) is 6.04 Å². The summed E-state index contributed by atoms with van der Waals surface area (Å²) in [7, 11) is 0. The van der Waals surface area contributed by atoms with Crippen LogP contribution in [-0.4, -0.2) is 11.0 Å². The minimum Gasteiger partial charge on any atom is -0.381 e. The van der Waals surface area contributed by atoms with Crippen molar-refractivity contribution in [2.45, 2.75) is 38.1 Å². The van der Waals surface area contributed by atoms with E-state index in [2.05, 4.69) is 10.3 Å². The van der Waals surface area contributed by atoms with Crippen LogP contribution in [0.15, 0.2) is 18.3 Å². The minimum absolute atomic E-state index is 0.399. The van der Waals surface area contributed by atoms with E-state index < -0.39 is 5.95 Å². The van der Waals surface area contributed by atoms with Crippen molar-refractivity contribution in [3.63, 3.8) is 0 Å². The van der Waals surface area contributed by atoms with Crippen LogP contribution in [-0.2, 0) is 0 Å². The molecule has 3 heteroatoms. The first kappa shape index (κ1) is 10.8. The Morgan fingerprint density at radius 1 is 1.11 bits per heavy atom. The molecular weight excluding hydrogens is 227 g/mol. The van der Waals surface area contributed by atoms with Crippen molar-refractivity contribution in [2.75, 3.05) is 5.32 Å². The fourth-order valence-electron chi connectivity index (χ4n) is 4.91. The van der Waals surface area contributed by atoms with Gasteiger partial charge in [-0.25, -0.2) is 4.98 Å². The smallest absolute Gasteiger partial charge is 0.212 e. The molecule has 3 saturated carbocycles. The summed E-state index contributed by atoms with van der Waals surface area (Å²) < 4.78 is 12.8. The SMILES string of the molecule is Fc1ccc(NC2CC3CC2C2CCCC32)cn1. The molecule has 3 aliphatic rings. The molecule has 3 aliphatic carbocycles. The number of hydrogen-bond acceptors (Lipinski definition) is 2. The second kappa shape index (κ2) is 3.94. The first-order valence-corrected chi connectivity index (χ1v) is 7.19. The Balaban J connectivity index is 1.49. The highest BCUT2D eigenvalue weighted by atomic mass is 19.1. The Kier molecular flexibility index (Phi) is 2.36. The van der Waals surface area contributed by atoms with Gasteiger partial charge in [0.15, 0.2) is 0 Å². The van der Waals surface area contributed by atoms with Crippen molar-refractivity contribution in [1.82, 2.24) is 4.98 Å². The average molecular weight is 246 g/mol. The molecule has 5 unspecified atom stereocenters. The van der Waals surface area contributed by atoms with Crippen molar-refractivity contribution in [2.24, 2.45) is 23.7 Å². The normalized spacial score (nSPS) is 41.1. The van der Waals surface area contributed by atoms with E-state index in [0.29, 0.717) is 6.04 Å². The van der Waals surface area contributed by atoms with Gasteiger partial charge in [-0.05, 0) is 61.5 Å². The number of nitrogens with zero attached hydrogens (tertiary/aromatic N) is 1. The topological polar surface area (TPSA) is 24.9 Å². The van der Waals surface area contributed by atoms with Gasteiger partial charge in [-0.3, -0.25) is 0 Å². The molecule has 2 bridgehead atoms. The lowest BCUT2D eigenvalue weighted by Crippen LogP contribution is -2.33. The van der Waals surface area contributed by atoms with Gasteiger partial charge in [0.05, 0.1) is 11.9 Å². The van der Waals surface area contributed by atoms with Crippen LogP contribution in [0.1, 0.15) is 32.1 Å². The molecule has 3 fully saturated rings. The van der Waals surface area contributed by atoms with Gasteiger partial charge in [0.1, 0.15) is 0 Å². The molecule has 18 heavy (non-hydrogen) atoms. The highest BCUT2D eigenvalue weighted by Gasteiger charge is 2.53. The lowest BCUT2D eigenvalue weighted by molar-refractivity contribution is 0.243. The van der Waals surface area contributed by atoms with Crippen LogP contribution in [0.4, 0.5) is 10.1 Å². The van der Waals surface area contributed by atoms with Crippen LogP contribution in [0.2, 0.25) is 0 Å². The van der Waals surface area contributed by atoms with Crippen LogP contribution in [0, 0.1) is 29.6 Å². The Bertz CT molecular complexity index is 444. The molecule has 0 aromatic carbocycles. The Hall–Kier alpha value is -1.12. The predicted octanol–water partition coefficient (Wildman–Crippen LogP) is 3.46. The van der Waals surface area contributed by atoms with E-state index in [1.54, 1.807) is 12.3 Å². The molecule has 96 valence electrons. The van der Waals surface area contributed by atoms with E-state index >= 15 is 0 Å². The highest BCUT2D eigenvalue weighted by Crippen LogP contribution is 2.59. The second-order valence-corrected chi connectivity index (χ2v) is 6.27. The summed E-state index contributed by atoms with van der Waals surface area (Å²) in [5, 5.41) is 3.58. The number of halogens is 1. The van der Waals surface area contributed by atoms with Crippen LogP contribution in [0.25, 0.3) is 0 Å². The maximum atomic E-state index is 12.8. The largest absolute Gasteiger partial charge is 0.381 e. The molecule has 0 spiro atoms. The van der Waals surface area contributed by atoms with Crippen LogP contribution in [0.3, 0.4) is 0 Å². The molecule has 1 N–H and O–H groups in total. The van der Waals surface area contributed by atoms with Crippen molar-refractivity contribution < 1.29 is 4.39 Å². The lowest BCUT2D eigenvalue weighted by Gasteiger charge is -2.32. The molecule has 4 rings (SSSR count). The third-order valence-corrected chi connectivity index (χ3v) is 5.51. The number of nitrogens with one attached hydrogen (secondary N) is 1. The quantitative estimate of drug-likeness (QED) is 0.808. The third kappa shape index (κ3) is 1.56. The van der Waals surface area contributed by atoms with E-state index in [1.165, 1.54) is 38.2 Å². The van der Waals surface area contributed by atoms with Gasteiger partial charge in [0.25, 0.3) is 0 Å². The standard InChI is InChI=1S/C15H19FN2/c16-15-5-4-10(8-17-15)18-14-7-9-6-13(14)12-3-1-2-11(9)12/h4-5,8-9,11-14,18H,1-3,6-7H2. The second-order valence-electron chi connectivity index (χ2n) is 6.27. The van der Waals surface area contributed by atoms with Crippen molar-refractivity contribution in [3.05, 3.63) is 24.3 Å². The number of rotatable bonds is 2. The zero-order valence-electron chi connectivity index (χ0n) is 10.5. The first-order valence-electron chi connectivity index (χ1n) is 7.19. The zero-order chi connectivity index (χ0) is 12.1. The van der Waals surface area contributed by atoms with E-state index in [1.807, 2.05) is 0 Å². The number of aromatic nitrogens is 1. The first-order chi connectivity index (χ1) is 8.81. The molecule has 1 aromatic heterocycles. The maximum absolute atomic E-state index is 12.8. The molecule has 0 saturated heterocycles.